The topological polar surface area (TPSA) is 335 Å². The maximum atomic E-state index is 12.9. The fourth-order valence-electron chi connectivity index (χ4n) is 4.44. The third-order valence-electron chi connectivity index (χ3n) is 6.41. The number of nitrogen functional groups attached to an aromatic ring is 1. The van der Waals surface area contributed by atoms with Crippen LogP contribution in [0.25, 0.3) is 0 Å². The lowest BCUT2D eigenvalue weighted by Crippen LogP contribution is -2.34. The number of hydrogen-bond acceptors (Lipinski definition) is 15. The van der Waals surface area contributed by atoms with E-state index in [9.17, 15) is 47.9 Å². The molecule has 2 aromatic heterocycles. The molecule has 1 unspecified atom stereocenters. The van der Waals surface area contributed by atoms with Crippen LogP contribution in [0.5, 0.6) is 0 Å². The second-order valence-corrected chi connectivity index (χ2v) is 16.1. The molecular formula is C19H28N5O17P3S. The van der Waals surface area contributed by atoms with Gasteiger partial charge in [-0.2, -0.15) is 4.98 Å². The highest BCUT2D eigenvalue weighted by Gasteiger charge is 2.50. The first-order valence-electron chi connectivity index (χ1n) is 12.5. The van der Waals surface area contributed by atoms with E-state index in [0.717, 1.165) is 21.5 Å². The zero-order valence-corrected chi connectivity index (χ0v) is 26.2. The monoisotopic (exact) mass is 724 g/mol. The Morgan fingerprint density at radius 1 is 1.07 bits per heavy atom. The SMILES string of the molecule is Cc1cn([C@H]2C[C@H](OP(=O)(O)OC[C@H]3O[C@@H](n4ccc(N)nc4=O)[C@H](SP(=O)(O)O)[C@@H]3O)[C@@H](CO[32P](=O)(O)O)O2)c(=O)[nH]c1=O. The first-order chi connectivity index (χ1) is 20.7. The van der Waals surface area contributed by atoms with Crippen molar-refractivity contribution in [2.75, 3.05) is 18.9 Å². The van der Waals surface area contributed by atoms with E-state index in [1.165, 1.54) is 13.0 Å². The average molecular weight is 724 g/mol. The van der Waals surface area contributed by atoms with Gasteiger partial charge in [0.2, 0.25) is 0 Å². The van der Waals surface area contributed by atoms with Crippen LogP contribution in [0, 0.1) is 6.92 Å². The molecule has 252 valence electrons. The number of aromatic amines is 1. The van der Waals surface area contributed by atoms with Gasteiger partial charge in [-0.05, 0) is 24.4 Å². The number of anilines is 1. The van der Waals surface area contributed by atoms with Gasteiger partial charge in [-0.15, -0.1) is 0 Å². The van der Waals surface area contributed by atoms with Crippen molar-refractivity contribution < 1.29 is 66.3 Å². The maximum Gasteiger partial charge on any atom is 0.472 e. The van der Waals surface area contributed by atoms with Crippen LogP contribution in [0.4, 0.5) is 5.82 Å². The van der Waals surface area contributed by atoms with Gasteiger partial charge in [0, 0.05) is 24.4 Å². The maximum absolute atomic E-state index is 12.9. The minimum Gasteiger partial charge on any atom is -0.389 e. The number of aliphatic hydroxyl groups is 1. The molecule has 9 N–H and O–H groups in total. The molecule has 22 nitrogen and oxygen atoms in total. The molecule has 26 heteroatoms. The lowest BCUT2D eigenvalue weighted by molar-refractivity contribution is -0.0569. The van der Waals surface area contributed by atoms with Crippen LogP contribution in [-0.4, -0.2) is 91.6 Å². The third-order valence-corrected chi connectivity index (χ3v) is 10.5. The highest BCUT2D eigenvalue weighted by Crippen LogP contribution is 2.58. The number of nitrogens with two attached hydrogens (primary N) is 1. The van der Waals surface area contributed by atoms with Crippen molar-refractivity contribution in [3.63, 3.8) is 0 Å². The van der Waals surface area contributed by atoms with E-state index in [1.807, 2.05) is 4.98 Å². The third kappa shape index (κ3) is 9.28. The minimum atomic E-state index is -5.16. The fraction of sp³-hybridized carbons (Fsp3) is 0.579. The first-order valence-corrected chi connectivity index (χ1v) is 18.6. The van der Waals surface area contributed by atoms with Crippen LogP contribution in [0.15, 0.2) is 32.8 Å². The van der Waals surface area contributed by atoms with Gasteiger partial charge in [-0.3, -0.25) is 32.5 Å². The zero-order valence-electron chi connectivity index (χ0n) is 22.7. The summed E-state index contributed by atoms with van der Waals surface area (Å²) in [6.45, 7) is -5.30. The molecule has 4 rings (SSSR count). The van der Waals surface area contributed by atoms with Crippen molar-refractivity contribution in [3.8, 4) is 0 Å². The zero-order chi connectivity index (χ0) is 33.5. The second-order valence-electron chi connectivity index (χ2n) is 9.70. The van der Waals surface area contributed by atoms with Gasteiger partial charge in [0.1, 0.15) is 30.4 Å². The predicted molar refractivity (Wildman–Crippen MR) is 149 cm³/mol. The van der Waals surface area contributed by atoms with Gasteiger partial charge in [0.05, 0.1) is 24.6 Å². The molecule has 2 aliphatic rings. The first kappa shape index (κ1) is 35.8. The van der Waals surface area contributed by atoms with Gasteiger partial charge in [-0.25, -0.2) is 23.3 Å². The molecule has 8 atom stereocenters. The molecule has 45 heavy (non-hydrogen) atoms. The highest BCUT2D eigenvalue weighted by molar-refractivity contribution is 8.54. The number of aromatic nitrogens is 4. The number of phosphoric acid groups is 2. The smallest absolute Gasteiger partial charge is 0.389 e. The van der Waals surface area contributed by atoms with Gasteiger partial charge >= 0.3 is 33.8 Å². The Bertz CT molecular complexity index is 1720. The Kier molecular flexibility index (Phi) is 10.8. The molecule has 0 aliphatic carbocycles. The van der Waals surface area contributed by atoms with E-state index in [1.54, 1.807) is 0 Å². The van der Waals surface area contributed by atoms with E-state index in [4.69, 9.17) is 34.0 Å². The molecule has 4 heterocycles. The molecule has 0 radical (unpaired) electrons. The van der Waals surface area contributed by atoms with Crippen molar-refractivity contribution in [2.24, 2.45) is 0 Å². The summed E-state index contributed by atoms with van der Waals surface area (Å²) in [4.78, 5) is 89.6. The molecule has 0 saturated carbocycles. The molecule has 2 aliphatic heterocycles. The van der Waals surface area contributed by atoms with Crippen molar-refractivity contribution in [3.05, 3.63) is 55.3 Å². The lowest BCUT2D eigenvalue weighted by atomic mass is 10.2. The fourth-order valence-corrected chi connectivity index (χ4v) is 8.30. The predicted octanol–water partition coefficient (Wildman–Crippen LogP) is -1.96. The van der Waals surface area contributed by atoms with Gasteiger partial charge in [0.15, 0.2) is 6.23 Å². The number of hydrogen-bond donors (Lipinski definition) is 8. The summed E-state index contributed by atoms with van der Waals surface area (Å²) in [5.41, 5.74) is 2.97. The molecule has 2 saturated heterocycles. The van der Waals surface area contributed by atoms with Gasteiger partial charge in [-0.1, -0.05) is 0 Å². The van der Waals surface area contributed by atoms with Crippen LogP contribution in [0.1, 0.15) is 24.4 Å². The molecule has 0 bridgehead atoms. The number of nitrogens with zero attached hydrogens (tertiary/aromatic N) is 3. The summed E-state index contributed by atoms with van der Waals surface area (Å²) in [7, 11) is -10.2. The summed E-state index contributed by atoms with van der Waals surface area (Å²) in [6, 6.07) is 1.18. The standard InChI is InChI=1S/C19H28N5O17P3S/c1-8-5-24(19(28)22-16(8)26)13-4-9(10(39-13)6-37-42(29,30)31)41-44(35,36)38-7-11-14(25)15(45-43(32,33)34)17(40-11)23-3-2-12(20)21-18(23)27/h2-3,5,9-11,13-15,17,25H,4,6-7H2,1H3,(H,35,36)(H2,20,21,27)(H,22,26,28)(H2,29,30,31)(H2,32,33,34)/t9-,10+,11+,13+,14+,15+,17+/m0/s1/i42+1. The normalized spacial score (nSPS) is 28.7. The highest BCUT2D eigenvalue weighted by atomic mass is 32.7. The Balaban J connectivity index is 1.50. The van der Waals surface area contributed by atoms with Crippen LogP contribution >= 0.6 is 33.8 Å². The van der Waals surface area contributed by atoms with Gasteiger partial charge in [0.25, 0.3) is 5.56 Å². The number of nitrogens with one attached hydrogen (secondary N) is 1. The number of ether oxygens (including phenoxy) is 2. The van der Waals surface area contributed by atoms with E-state index in [-0.39, 0.29) is 29.2 Å². The Morgan fingerprint density at radius 2 is 1.73 bits per heavy atom. The van der Waals surface area contributed by atoms with E-state index in [2.05, 4.69) is 9.51 Å². The number of aliphatic hydroxyl groups excluding tert-OH is 1. The van der Waals surface area contributed by atoms with Crippen LogP contribution in [0.3, 0.4) is 0 Å². The molecule has 0 amide bonds. The summed E-state index contributed by atoms with van der Waals surface area (Å²) < 4.78 is 63.4. The van der Waals surface area contributed by atoms with Crippen LogP contribution in [0.2, 0.25) is 0 Å². The second kappa shape index (κ2) is 13.6. The van der Waals surface area contributed by atoms with Crippen molar-refractivity contribution in [1.29, 1.82) is 0 Å². The van der Waals surface area contributed by atoms with Crippen molar-refractivity contribution in [1.82, 2.24) is 19.1 Å². The molecule has 0 spiro atoms. The summed E-state index contributed by atoms with van der Waals surface area (Å²) in [5, 5.41) is 9.28. The Hall–Kier alpha value is -2.04. The van der Waals surface area contributed by atoms with Crippen molar-refractivity contribution in [2.45, 2.75) is 55.5 Å². The molecule has 2 aromatic rings. The van der Waals surface area contributed by atoms with E-state index >= 15 is 0 Å². The van der Waals surface area contributed by atoms with Gasteiger partial charge < -0.3 is 44.8 Å². The number of phosphoric ester groups is 2. The number of aryl methyl sites for hydroxylation is 1. The van der Waals surface area contributed by atoms with Crippen molar-refractivity contribution >= 4 is 39.6 Å². The quantitative estimate of drug-likeness (QED) is 0.110. The lowest BCUT2D eigenvalue weighted by Gasteiger charge is -2.22. The minimum absolute atomic E-state index is 0.0292. The van der Waals surface area contributed by atoms with Crippen LogP contribution in [-0.2, 0) is 36.7 Å². The molecular weight excluding hydrogens is 696 g/mol. The Labute approximate surface area is 254 Å². The summed E-state index contributed by atoms with van der Waals surface area (Å²) in [5.74, 6) is -0.171. The average Bonchev–Trinajstić information content (AvgIpc) is 3.42. The van der Waals surface area contributed by atoms with E-state index in [0.29, 0.717) is 0 Å². The molecule has 0 aromatic carbocycles. The van der Waals surface area contributed by atoms with Crippen LogP contribution < -0.4 is 22.7 Å². The summed E-state index contributed by atoms with van der Waals surface area (Å²) >= 11 is -0.0292. The number of rotatable bonds is 12. The molecule has 2 fully saturated rings. The largest absolute Gasteiger partial charge is 0.472 e. The Morgan fingerprint density at radius 3 is 2.36 bits per heavy atom. The van der Waals surface area contributed by atoms with E-state index < -0.39 is 94.7 Å². The number of H-pyrrole nitrogens is 1. The summed E-state index contributed by atoms with van der Waals surface area (Å²) in [6.07, 6.45) is -7.25.